The Morgan fingerprint density at radius 3 is 2.45 bits per heavy atom. The highest BCUT2D eigenvalue weighted by Gasteiger charge is 2.55. The van der Waals surface area contributed by atoms with Gasteiger partial charge in [-0.1, -0.05) is 26.3 Å². The molecule has 0 N–H and O–H groups in total. The minimum Gasteiger partial charge on any atom is -0.498 e. The molecule has 0 aliphatic heterocycles. The van der Waals surface area contributed by atoms with Gasteiger partial charge < -0.3 is 14.4 Å². The zero-order valence-electron chi connectivity index (χ0n) is 18.2. The molecule has 0 heterocycles. The lowest BCUT2D eigenvalue weighted by atomic mass is 9.76. The van der Waals surface area contributed by atoms with Crippen molar-refractivity contribution in [1.29, 1.82) is 0 Å². The van der Waals surface area contributed by atoms with Crippen LogP contribution in [0.5, 0.6) is 0 Å². The molecule has 2 bridgehead atoms. The third-order valence-corrected chi connectivity index (χ3v) is 7.37. The molecule has 29 heavy (non-hydrogen) atoms. The SMILES string of the molecule is C=CC(=C)OCC1CC2C3CC(COC(=C)CCN(C)C(=O)C(=C)C)C(C3)C2C1. The molecule has 3 saturated carbocycles. The van der Waals surface area contributed by atoms with E-state index in [9.17, 15) is 4.79 Å². The van der Waals surface area contributed by atoms with E-state index in [1.54, 1.807) is 24.9 Å². The Hall–Kier alpha value is -1.97. The number of hydrogen-bond donors (Lipinski definition) is 0. The number of allylic oxidation sites excluding steroid dienone is 1. The topological polar surface area (TPSA) is 38.8 Å². The molecule has 0 radical (unpaired) electrons. The van der Waals surface area contributed by atoms with Crippen LogP contribution in [0.4, 0.5) is 0 Å². The van der Waals surface area contributed by atoms with E-state index in [1.807, 2.05) is 0 Å². The summed E-state index contributed by atoms with van der Waals surface area (Å²) in [4.78, 5) is 13.6. The highest BCUT2D eigenvalue weighted by molar-refractivity contribution is 5.91. The monoisotopic (exact) mass is 399 g/mol. The molecule has 1 amide bonds. The first-order chi connectivity index (χ1) is 13.8. The maximum atomic E-state index is 11.9. The molecular weight excluding hydrogens is 362 g/mol. The number of hydrogen-bond acceptors (Lipinski definition) is 3. The summed E-state index contributed by atoms with van der Waals surface area (Å²) in [6, 6.07) is 0. The van der Waals surface area contributed by atoms with Crippen LogP contribution in [0.2, 0.25) is 0 Å². The molecule has 3 fully saturated rings. The van der Waals surface area contributed by atoms with Gasteiger partial charge in [-0.25, -0.2) is 0 Å². The largest absolute Gasteiger partial charge is 0.498 e. The van der Waals surface area contributed by atoms with Crippen LogP contribution in [0.1, 0.15) is 39.0 Å². The smallest absolute Gasteiger partial charge is 0.248 e. The molecule has 3 aliphatic carbocycles. The number of likely N-dealkylation sites (N-methyl/N-ethyl adjacent to an activating group) is 1. The van der Waals surface area contributed by atoms with Crippen LogP contribution in [-0.4, -0.2) is 37.6 Å². The average molecular weight is 400 g/mol. The van der Waals surface area contributed by atoms with Gasteiger partial charge >= 0.3 is 0 Å². The molecule has 160 valence electrons. The number of carbonyl (C=O) groups excluding carboxylic acids is 1. The van der Waals surface area contributed by atoms with Gasteiger partial charge in [0.1, 0.15) is 5.76 Å². The van der Waals surface area contributed by atoms with Crippen LogP contribution in [-0.2, 0) is 14.3 Å². The van der Waals surface area contributed by atoms with E-state index in [1.165, 1.54) is 25.7 Å². The Balaban J connectivity index is 1.40. The van der Waals surface area contributed by atoms with Crippen LogP contribution in [0.25, 0.3) is 0 Å². The molecule has 3 rings (SSSR count). The summed E-state index contributed by atoms with van der Waals surface area (Å²) in [5.74, 6) is 6.12. The van der Waals surface area contributed by atoms with Crippen LogP contribution in [0.15, 0.2) is 49.5 Å². The summed E-state index contributed by atoms with van der Waals surface area (Å²) in [5, 5.41) is 0. The molecule has 4 heteroatoms. The zero-order valence-corrected chi connectivity index (χ0v) is 18.2. The van der Waals surface area contributed by atoms with Crippen molar-refractivity contribution in [2.75, 3.05) is 26.8 Å². The molecular formula is C25H37NO3. The van der Waals surface area contributed by atoms with E-state index in [4.69, 9.17) is 9.47 Å². The maximum absolute atomic E-state index is 11.9. The van der Waals surface area contributed by atoms with Crippen molar-refractivity contribution in [3.05, 3.63) is 49.5 Å². The van der Waals surface area contributed by atoms with E-state index in [0.717, 1.165) is 42.6 Å². The first kappa shape index (κ1) is 21.7. The molecule has 0 aromatic heterocycles. The molecule has 6 unspecified atom stereocenters. The van der Waals surface area contributed by atoms with Gasteiger partial charge in [0.15, 0.2) is 0 Å². The Kier molecular flexibility index (Phi) is 6.92. The molecule has 0 saturated heterocycles. The van der Waals surface area contributed by atoms with E-state index in [-0.39, 0.29) is 5.91 Å². The van der Waals surface area contributed by atoms with Gasteiger partial charge in [0.2, 0.25) is 5.91 Å². The van der Waals surface area contributed by atoms with Crippen LogP contribution < -0.4 is 0 Å². The van der Waals surface area contributed by atoms with Crippen LogP contribution in [0.3, 0.4) is 0 Å². The van der Waals surface area contributed by atoms with E-state index >= 15 is 0 Å². The fourth-order valence-electron chi connectivity index (χ4n) is 5.95. The Bertz CT molecular complexity index is 682. The molecule has 4 nitrogen and oxygen atoms in total. The van der Waals surface area contributed by atoms with Gasteiger partial charge in [-0.2, -0.15) is 0 Å². The first-order valence-corrected chi connectivity index (χ1v) is 11.0. The second kappa shape index (κ2) is 9.23. The predicted octanol–water partition coefficient (Wildman–Crippen LogP) is 4.96. The minimum atomic E-state index is -0.0200. The summed E-state index contributed by atoms with van der Waals surface area (Å²) in [5.41, 5.74) is 0.560. The number of fused-ring (bicyclic) bond motifs is 5. The van der Waals surface area contributed by atoms with Crippen molar-refractivity contribution in [3.63, 3.8) is 0 Å². The van der Waals surface area contributed by atoms with Gasteiger partial charge in [0.05, 0.1) is 19.0 Å². The Morgan fingerprint density at radius 2 is 1.76 bits per heavy atom. The van der Waals surface area contributed by atoms with E-state index in [0.29, 0.717) is 36.1 Å². The lowest BCUT2D eigenvalue weighted by molar-refractivity contribution is -0.125. The van der Waals surface area contributed by atoms with Crippen molar-refractivity contribution in [3.8, 4) is 0 Å². The molecule has 6 atom stereocenters. The number of amides is 1. The summed E-state index contributed by atoms with van der Waals surface area (Å²) < 4.78 is 11.8. The second-order valence-electron chi connectivity index (χ2n) is 9.41. The van der Waals surface area contributed by atoms with Gasteiger partial charge in [0.25, 0.3) is 0 Å². The third kappa shape index (κ3) is 4.96. The predicted molar refractivity (Wildman–Crippen MR) is 117 cm³/mol. The van der Waals surface area contributed by atoms with Crippen molar-refractivity contribution < 1.29 is 14.3 Å². The number of nitrogens with zero attached hydrogens (tertiary/aromatic N) is 1. The van der Waals surface area contributed by atoms with Crippen molar-refractivity contribution in [2.24, 2.45) is 35.5 Å². The lowest BCUT2D eigenvalue weighted by Crippen LogP contribution is -2.29. The van der Waals surface area contributed by atoms with Gasteiger partial charge in [-0.05, 0) is 74.2 Å². The standard InChI is InChI=1S/C25H37NO3/c1-7-17(4)28-14-19-10-22-20-12-21(23(13-20)24(22)11-19)15-29-18(5)8-9-26(6)25(27)16(2)3/h7,19-24H,1-2,4-5,8-15H2,3,6H3. The Morgan fingerprint density at radius 1 is 1.03 bits per heavy atom. The van der Waals surface area contributed by atoms with Crippen LogP contribution in [0, 0.1) is 35.5 Å². The van der Waals surface area contributed by atoms with E-state index < -0.39 is 0 Å². The average Bonchev–Trinajstić information content (AvgIpc) is 3.39. The third-order valence-electron chi connectivity index (χ3n) is 7.37. The zero-order chi connectivity index (χ0) is 21.1. The number of ether oxygens (including phenoxy) is 2. The fourth-order valence-corrected chi connectivity index (χ4v) is 5.95. The van der Waals surface area contributed by atoms with Crippen molar-refractivity contribution in [1.82, 2.24) is 4.90 Å². The maximum Gasteiger partial charge on any atom is 0.248 e. The molecule has 0 spiro atoms. The molecule has 0 aromatic carbocycles. The van der Waals surface area contributed by atoms with Gasteiger partial charge in [0, 0.05) is 25.6 Å². The fraction of sp³-hybridized carbons (Fsp3) is 0.640. The summed E-state index contributed by atoms with van der Waals surface area (Å²) >= 11 is 0. The number of carbonyl (C=O) groups is 1. The first-order valence-electron chi connectivity index (χ1n) is 11.0. The highest BCUT2D eigenvalue weighted by atomic mass is 16.5. The summed E-state index contributed by atoms with van der Waals surface area (Å²) in [6.45, 7) is 19.3. The normalized spacial score (nSPS) is 31.8. The minimum absolute atomic E-state index is 0.0200. The quantitative estimate of drug-likeness (QED) is 0.280. The summed E-state index contributed by atoms with van der Waals surface area (Å²) in [6.07, 6.45) is 7.61. The number of rotatable bonds is 11. The molecule has 0 aromatic rings. The molecule has 3 aliphatic rings. The van der Waals surface area contributed by atoms with Gasteiger partial charge in [-0.15, -0.1) is 0 Å². The van der Waals surface area contributed by atoms with E-state index in [2.05, 4.69) is 26.3 Å². The highest BCUT2D eigenvalue weighted by Crippen LogP contribution is 2.62. The van der Waals surface area contributed by atoms with Crippen molar-refractivity contribution >= 4 is 5.91 Å². The lowest BCUT2D eigenvalue weighted by Gasteiger charge is -2.31. The van der Waals surface area contributed by atoms with Crippen molar-refractivity contribution in [2.45, 2.75) is 39.0 Å². The summed E-state index contributed by atoms with van der Waals surface area (Å²) in [7, 11) is 1.80. The van der Waals surface area contributed by atoms with Crippen LogP contribution >= 0.6 is 0 Å². The second-order valence-corrected chi connectivity index (χ2v) is 9.41. The van der Waals surface area contributed by atoms with Gasteiger partial charge in [-0.3, -0.25) is 4.79 Å². The Labute approximate surface area is 176 Å².